The van der Waals surface area contributed by atoms with Gasteiger partial charge in [0.15, 0.2) is 0 Å². The highest BCUT2D eigenvalue weighted by Gasteiger charge is 2.06. The van der Waals surface area contributed by atoms with Crippen molar-refractivity contribution in [3.8, 4) is 0 Å². The molecule has 0 atom stereocenters. The van der Waals surface area contributed by atoms with Gasteiger partial charge in [0, 0.05) is 0 Å². The van der Waals surface area contributed by atoms with E-state index < -0.39 is 23.9 Å². The van der Waals surface area contributed by atoms with E-state index in [1.165, 1.54) is 0 Å². The number of aromatic carboxylic acids is 4. The Kier molecular flexibility index (Phi) is 9.10. The maximum atomic E-state index is 10.7. The van der Waals surface area contributed by atoms with E-state index in [9.17, 15) is 19.2 Å². The molecular formula is C30H24O8. The third-order valence-electron chi connectivity index (χ3n) is 5.62. The summed E-state index contributed by atoms with van der Waals surface area (Å²) < 4.78 is 0. The van der Waals surface area contributed by atoms with E-state index >= 15 is 0 Å². The van der Waals surface area contributed by atoms with E-state index in [1.54, 1.807) is 97.1 Å². The van der Waals surface area contributed by atoms with E-state index in [0.29, 0.717) is 12.8 Å². The van der Waals surface area contributed by atoms with Crippen LogP contribution in [-0.4, -0.2) is 44.3 Å². The lowest BCUT2D eigenvalue weighted by Crippen LogP contribution is -1.98. The predicted molar refractivity (Wildman–Crippen MR) is 139 cm³/mol. The summed E-state index contributed by atoms with van der Waals surface area (Å²) in [6.07, 6.45) is 1.28. The highest BCUT2D eigenvalue weighted by atomic mass is 16.4. The molecule has 0 saturated heterocycles. The number of benzene rings is 4. The van der Waals surface area contributed by atoms with Crippen molar-refractivity contribution in [2.24, 2.45) is 0 Å². The van der Waals surface area contributed by atoms with Gasteiger partial charge in [0.25, 0.3) is 0 Å². The van der Waals surface area contributed by atoms with Crippen LogP contribution < -0.4 is 0 Å². The zero-order valence-corrected chi connectivity index (χ0v) is 20.1. The fraction of sp³-hybridized carbons (Fsp3) is 0.0667. The summed E-state index contributed by atoms with van der Waals surface area (Å²) in [5.74, 6) is -3.79. The molecule has 0 amide bonds. The molecule has 4 aromatic rings. The summed E-state index contributed by atoms with van der Waals surface area (Å²) in [4.78, 5) is 42.9. The molecular weight excluding hydrogens is 488 g/mol. The molecule has 4 N–H and O–H groups in total. The fourth-order valence-electron chi connectivity index (χ4n) is 3.53. The lowest BCUT2D eigenvalue weighted by Gasteiger charge is -2.03. The largest absolute Gasteiger partial charge is 0.478 e. The van der Waals surface area contributed by atoms with Crippen LogP contribution in [0.5, 0.6) is 0 Å². The number of carbonyl (C=O) groups is 4. The lowest BCUT2D eigenvalue weighted by molar-refractivity contribution is 0.0686. The zero-order chi connectivity index (χ0) is 27.7. The van der Waals surface area contributed by atoms with Crippen molar-refractivity contribution >= 4 is 23.9 Å². The summed E-state index contributed by atoms with van der Waals surface area (Å²) in [5.41, 5.74) is 4.94. The van der Waals surface area contributed by atoms with Crippen molar-refractivity contribution < 1.29 is 39.6 Å². The Hall–Kier alpha value is -5.24. The van der Waals surface area contributed by atoms with Crippen LogP contribution in [0.2, 0.25) is 0 Å². The number of hydrogen-bond acceptors (Lipinski definition) is 4. The molecule has 0 aliphatic carbocycles. The molecule has 0 bridgehead atoms. The van der Waals surface area contributed by atoms with Crippen molar-refractivity contribution in [1.29, 1.82) is 0 Å². The van der Waals surface area contributed by atoms with Crippen LogP contribution in [-0.2, 0) is 12.8 Å². The topological polar surface area (TPSA) is 149 Å². The molecule has 38 heavy (non-hydrogen) atoms. The fourth-order valence-corrected chi connectivity index (χ4v) is 3.53. The van der Waals surface area contributed by atoms with Gasteiger partial charge in [-0.15, -0.1) is 0 Å². The van der Waals surface area contributed by atoms with E-state index in [4.69, 9.17) is 20.4 Å². The molecule has 192 valence electrons. The minimum atomic E-state index is -0.947. The average Bonchev–Trinajstić information content (AvgIpc) is 2.90. The molecule has 0 heterocycles. The van der Waals surface area contributed by atoms with Crippen LogP contribution in [0.15, 0.2) is 97.1 Å². The van der Waals surface area contributed by atoms with Crippen molar-refractivity contribution in [2.75, 3.05) is 0 Å². The highest BCUT2D eigenvalue weighted by Crippen LogP contribution is 2.13. The molecule has 0 aliphatic heterocycles. The second-order valence-corrected chi connectivity index (χ2v) is 8.36. The van der Waals surface area contributed by atoms with Gasteiger partial charge in [0.1, 0.15) is 0 Å². The van der Waals surface area contributed by atoms with E-state index in [2.05, 4.69) is 0 Å². The average molecular weight is 513 g/mol. The standard InChI is InChI=1S/2C15H12O4/c2*16-14(17)12-5-1-10(2-6-12)9-11-3-7-13(8-4-11)15(18)19/h2*1-8H,9H2,(H,16,17)(H,18,19). The highest BCUT2D eigenvalue weighted by molar-refractivity contribution is 5.89. The molecule has 0 aromatic heterocycles. The van der Waals surface area contributed by atoms with Crippen LogP contribution in [0, 0.1) is 0 Å². The summed E-state index contributed by atoms with van der Waals surface area (Å²) >= 11 is 0. The Morgan fingerprint density at radius 3 is 0.632 bits per heavy atom. The maximum absolute atomic E-state index is 10.7. The Morgan fingerprint density at radius 1 is 0.342 bits per heavy atom. The van der Waals surface area contributed by atoms with Crippen LogP contribution in [0.4, 0.5) is 0 Å². The third-order valence-corrected chi connectivity index (χ3v) is 5.62. The van der Waals surface area contributed by atoms with Crippen LogP contribution in [0.1, 0.15) is 63.7 Å². The van der Waals surface area contributed by atoms with Crippen molar-refractivity contribution in [3.05, 3.63) is 142 Å². The molecule has 0 aliphatic rings. The van der Waals surface area contributed by atoms with Gasteiger partial charge < -0.3 is 20.4 Å². The van der Waals surface area contributed by atoms with Crippen LogP contribution in [0.3, 0.4) is 0 Å². The van der Waals surface area contributed by atoms with Gasteiger partial charge in [-0.25, -0.2) is 19.2 Å². The van der Waals surface area contributed by atoms with E-state index in [0.717, 1.165) is 22.3 Å². The lowest BCUT2D eigenvalue weighted by atomic mass is 10.0. The molecule has 8 heteroatoms. The van der Waals surface area contributed by atoms with Gasteiger partial charge in [-0.1, -0.05) is 48.5 Å². The molecule has 0 spiro atoms. The quantitative estimate of drug-likeness (QED) is 0.247. The van der Waals surface area contributed by atoms with Crippen molar-refractivity contribution in [3.63, 3.8) is 0 Å². The van der Waals surface area contributed by atoms with E-state index in [-0.39, 0.29) is 22.3 Å². The van der Waals surface area contributed by atoms with Gasteiger partial charge >= 0.3 is 23.9 Å². The predicted octanol–water partition coefficient (Wildman–Crippen LogP) is 5.35. The molecule has 8 nitrogen and oxygen atoms in total. The number of carboxylic acid groups (broad SMARTS) is 4. The van der Waals surface area contributed by atoms with Gasteiger partial charge in [-0.2, -0.15) is 0 Å². The first-order valence-electron chi connectivity index (χ1n) is 11.4. The van der Waals surface area contributed by atoms with Gasteiger partial charge in [0.2, 0.25) is 0 Å². The van der Waals surface area contributed by atoms with Crippen LogP contribution >= 0.6 is 0 Å². The first kappa shape index (κ1) is 27.3. The van der Waals surface area contributed by atoms with Crippen molar-refractivity contribution in [2.45, 2.75) is 12.8 Å². The number of hydrogen-bond donors (Lipinski definition) is 4. The van der Waals surface area contributed by atoms with Gasteiger partial charge in [-0.05, 0) is 83.6 Å². The third kappa shape index (κ3) is 7.89. The Balaban J connectivity index is 0.000000211. The summed E-state index contributed by atoms with van der Waals surface area (Å²) in [5, 5.41) is 35.2. The summed E-state index contributed by atoms with van der Waals surface area (Å²) in [6.45, 7) is 0. The van der Waals surface area contributed by atoms with Gasteiger partial charge in [-0.3, -0.25) is 0 Å². The summed E-state index contributed by atoms with van der Waals surface area (Å²) in [6, 6.07) is 26.5. The normalized spacial score (nSPS) is 10.1. The molecule has 0 fully saturated rings. The maximum Gasteiger partial charge on any atom is 0.335 e. The first-order valence-corrected chi connectivity index (χ1v) is 11.4. The minimum absolute atomic E-state index is 0.255. The second kappa shape index (κ2) is 12.6. The molecule has 4 rings (SSSR count). The zero-order valence-electron chi connectivity index (χ0n) is 20.1. The smallest absolute Gasteiger partial charge is 0.335 e. The molecule has 4 aromatic carbocycles. The molecule has 0 unspecified atom stereocenters. The monoisotopic (exact) mass is 512 g/mol. The first-order chi connectivity index (χ1) is 18.1. The Morgan fingerprint density at radius 2 is 0.500 bits per heavy atom. The Bertz CT molecular complexity index is 1200. The second-order valence-electron chi connectivity index (χ2n) is 8.36. The SMILES string of the molecule is O=C(O)c1ccc(Cc2ccc(C(=O)O)cc2)cc1.O=C(O)c1ccc(Cc2ccc(C(=O)O)cc2)cc1. The number of rotatable bonds is 8. The number of carboxylic acids is 4. The minimum Gasteiger partial charge on any atom is -0.478 e. The Labute approximate surface area is 218 Å². The summed E-state index contributed by atoms with van der Waals surface area (Å²) in [7, 11) is 0. The van der Waals surface area contributed by atoms with E-state index in [1.807, 2.05) is 0 Å². The van der Waals surface area contributed by atoms with Crippen molar-refractivity contribution in [1.82, 2.24) is 0 Å². The van der Waals surface area contributed by atoms with Gasteiger partial charge in [0.05, 0.1) is 22.3 Å². The molecule has 0 radical (unpaired) electrons. The molecule has 0 saturated carbocycles. The van der Waals surface area contributed by atoms with Crippen LogP contribution in [0.25, 0.3) is 0 Å².